The van der Waals surface area contributed by atoms with Gasteiger partial charge in [0.15, 0.2) is 5.82 Å². The first-order chi connectivity index (χ1) is 6.31. The predicted octanol–water partition coefficient (Wildman–Crippen LogP) is 1.70. The Kier molecular flexibility index (Phi) is 2.51. The molecular weight excluding hydrogens is 192 g/mol. The Balaban J connectivity index is 2.15. The molecule has 0 aromatic carbocycles. The summed E-state index contributed by atoms with van der Waals surface area (Å²) in [7, 11) is 0. The molecule has 5 heteroatoms. The van der Waals surface area contributed by atoms with Crippen molar-refractivity contribution in [1.29, 1.82) is 0 Å². The Labute approximate surface area is 81.2 Å². The minimum absolute atomic E-state index is 0.170. The minimum atomic E-state index is 0.170. The Morgan fingerprint density at radius 3 is 3.00 bits per heavy atom. The van der Waals surface area contributed by atoms with Crippen LogP contribution >= 0.6 is 11.6 Å². The number of ether oxygens (including phenoxy) is 1. The summed E-state index contributed by atoms with van der Waals surface area (Å²) >= 11 is 5.57. The van der Waals surface area contributed by atoms with Gasteiger partial charge in [0.05, 0.1) is 17.9 Å². The fourth-order valence-corrected chi connectivity index (χ4v) is 1.64. The number of halogens is 1. The van der Waals surface area contributed by atoms with E-state index in [2.05, 4.69) is 10.1 Å². The fourth-order valence-electron chi connectivity index (χ4n) is 1.53. The largest absolute Gasteiger partial charge is 0.378 e. The lowest BCUT2D eigenvalue weighted by Crippen LogP contribution is -2.09. The van der Waals surface area contributed by atoms with Crippen molar-refractivity contribution in [3.63, 3.8) is 0 Å². The summed E-state index contributed by atoms with van der Waals surface area (Å²) in [5.74, 6) is 1.74. The normalized spacial score (nSPS) is 28.2. The van der Waals surface area contributed by atoms with E-state index in [0.717, 1.165) is 13.0 Å². The van der Waals surface area contributed by atoms with E-state index in [1.54, 1.807) is 0 Å². The van der Waals surface area contributed by atoms with Gasteiger partial charge >= 0.3 is 0 Å². The molecule has 0 aliphatic carbocycles. The summed E-state index contributed by atoms with van der Waals surface area (Å²) in [5, 5.41) is 3.74. The molecule has 2 unspecified atom stereocenters. The van der Waals surface area contributed by atoms with Crippen molar-refractivity contribution in [3.8, 4) is 0 Å². The molecule has 2 heterocycles. The highest BCUT2D eigenvalue weighted by molar-refractivity contribution is 6.16. The van der Waals surface area contributed by atoms with E-state index in [4.69, 9.17) is 20.9 Å². The standard InChI is InChI=1S/C8H11ClN2O2/c1-5-6(2-3-12-5)8-10-7(4-9)11-13-8/h5-6H,2-4H2,1H3. The van der Waals surface area contributed by atoms with E-state index < -0.39 is 0 Å². The van der Waals surface area contributed by atoms with Gasteiger partial charge in [-0.3, -0.25) is 0 Å². The van der Waals surface area contributed by atoms with Gasteiger partial charge in [-0.15, -0.1) is 11.6 Å². The van der Waals surface area contributed by atoms with Crippen molar-refractivity contribution < 1.29 is 9.26 Å². The average Bonchev–Trinajstić information content (AvgIpc) is 2.71. The topological polar surface area (TPSA) is 48.2 Å². The number of hydrogen-bond acceptors (Lipinski definition) is 4. The van der Waals surface area contributed by atoms with Crippen molar-refractivity contribution in [2.75, 3.05) is 6.61 Å². The fraction of sp³-hybridized carbons (Fsp3) is 0.750. The first kappa shape index (κ1) is 8.97. The van der Waals surface area contributed by atoms with Crippen molar-refractivity contribution in [3.05, 3.63) is 11.7 Å². The zero-order chi connectivity index (χ0) is 9.26. The molecular formula is C8H11ClN2O2. The van der Waals surface area contributed by atoms with Gasteiger partial charge in [-0.1, -0.05) is 5.16 Å². The second-order valence-corrected chi connectivity index (χ2v) is 3.42. The number of alkyl halides is 1. The second kappa shape index (κ2) is 3.64. The van der Waals surface area contributed by atoms with Gasteiger partial charge < -0.3 is 9.26 Å². The number of nitrogens with zero attached hydrogens (tertiary/aromatic N) is 2. The predicted molar refractivity (Wildman–Crippen MR) is 46.6 cm³/mol. The van der Waals surface area contributed by atoms with Crippen LogP contribution in [0.3, 0.4) is 0 Å². The van der Waals surface area contributed by atoms with Gasteiger partial charge in [-0.05, 0) is 13.3 Å². The first-order valence-electron chi connectivity index (χ1n) is 4.31. The van der Waals surface area contributed by atoms with Crippen molar-refractivity contribution >= 4 is 11.6 Å². The van der Waals surface area contributed by atoms with Crippen LogP contribution in [0.2, 0.25) is 0 Å². The van der Waals surface area contributed by atoms with Crippen LogP contribution in [0.1, 0.15) is 31.0 Å². The molecule has 0 radical (unpaired) electrons. The third kappa shape index (κ3) is 1.69. The van der Waals surface area contributed by atoms with Crippen molar-refractivity contribution in [2.45, 2.75) is 31.2 Å². The Morgan fingerprint density at radius 2 is 2.46 bits per heavy atom. The lowest BCUT2D eigenvalue weighted by molar-refractivity contribution is 0.113. The Bertz CT molecular complexity index is 289. The number of hydrogen-bond donors (Lipinski definition) is 0. The molecule has 2 rings (SSSR count). The van der Waals surface area contributed by atoms with E-state index in [-0.39, 0.29) is 12.0 Å². The van der Waals surface area contributed by atoms with Gasteiger partial charge in [0.25, 0.3) is 0 Å². The quantitative estimate of drug-likeness (QED) is 0.685. The highest BCUT2D eigenvalue weighted by Gasteiger charge is 2.30. The monoisotopic (exact) mass is 202 g/mol. The summed E-state index contributed by atoms with van der Waals surface area (Å²) in [4.78, 5) is 4.17. The summed E-state index contributed by atoms with van der Waals surface area (Å²) in [6.07, 6.45) is 1.12. The van der Waals surface area contributed by atoms with Gasteiger partial charge in [0.2, 0.25) is 5.89 Å². The van der Waals surface area contributed by atoms with Crippen LogP contribution in [0.4, 0.5) is 0 Å². The Hall–Kier alpha value is -0.610. The zero-order valence-corrected chi connectivity index (χ0v) is 8.12. The van der Waals surface area contributed by atoms with Crippen LogP contribution < -0.4 is 0 Å². The molecule has 0 spiro atoms. The van der Waals surface area contributed by atoms with Crippen LogP contribution in [0, 0.1) is 0 Å². The van der Waals surface area contributed by atoms with Gasteiger partial charge in [0, 0.05) is 6.61 Å². The molecule has 0 saturated carbocycles. The molecule has 1 aliphatic rings. The van der Waals surface area contributed by atoms with E-state index >= 15 is 0 Å². The molecule has 0 N–H and O–H groups in total. The summed E-state index contributed by atoms with van der Waals surface area (Å²) in [6, 6.07) is 0. The van der Waals surface area contributed by atoms with Crippen LogP contribution in [0.15, 0.2) is 4.52 Å². The summed E-state index contributed by atoms with van der Waals surface area (Å²) in [5.41, 5.74) is 0. The molecule has 1 aliphatic heterocycles. The van der Waals surface area contributed by atoms with Gasteiger partial charge in [0.1, 0.15) is 0 Å². The van der Waals surface area contributed by atoms with Gasteiger partial charge in [-0.25, -0.2) is 0 Å². The molecule has 1 fully saturated rings. The van der Waals surface area contributed by atoms with E-state index in [9.17, 15) is 0 Å². The maximum Gasteiger partial charge on any atom is 0.232 e. The third-order valence-electron chi connectivity index (χ3n) is 2.30. The van der Waals surface area contributed by atoms with Crippen LogP contribution in [-0.4, -0.2) is 22.9 Å². The van der Waals surface area contributed by atoms with Gasteiger partial charge in [-0.2, -0.15) is 4.98 Å². The summed E-state index contributed by atoms with van der Waals surface area (Å²) in [6.45, 7) is 2.78. The van der Waals surface area contributed by atoms with E-state index in [1.807, 2.05) is 6.92 Å². The molecule has 1 aromatic heterocycles. The van der Waals surface area contributed by atoms with E-state index in [0.29, 0.717) is 17.6 Å². The number of rotatable bonds is 2. The zero-order valence-electron chi connectivity index (χ0n) is 7.36. The first-order valence-corrected chi connectivity index (χ1v) is 4.84. The Morgan fingerprint density at radius 1 is 1.62 bits per heavy atom. The second-order valence-electron chi connectivity index (χ2n) is 3.15. The van der Waals surface area contributed by atoms with Crippen molar-refractivity contribution in [2.24, 2.45) is 0 Å². The van der Waals surface area contributed by atoms with E-state index in [1.165, 1.54) is 0 Å². The van der Waals surface area contributed by atoms with Crippen LogP contribution in [0.5, 0.6) is 0 Å². The number of aromatic nitrogens is 2. The molecule has 0 amide bonds. The SMILES string of the molecule is CC1OCCC1c1nc(CCl)no1. The summed E-state index contributed by atoms with van der Waals surface area (Å²) < 4.78 is 10.5. The maximum absolute atomic E-state index is 5.57. The smallest absolute Gasteiger partial charge is 0.232 e. The molecule has 13 heavy (non-hydrogen) atoms. The lowest BCUT2D eigenvalue weighted by Gasteiger charge is -2.07. The lowest BCUT2D eigenvalue weighted by atomic mass is 10.0. The average molecular weight is 203 g/mol. The molecule has 2 atom stereocenters. The molecule has 4 nitrogen and oxygen atoms in total. The van der Waals surface area contributed by atoms with Crippen molar-refractivity contribution in [1.82, 2.24) is 10.1 Å². The third-order valence-corrected chi connectivity index (χ3v) is 2.54. The molecule has 72 valence electrons. The van der Waals surface area contributed by atoms with Crippen LogP contribution in [-0.2, 0) is 10.6 Å². The maximum atomic E-state index is 5.57. The van der Waals surface area contributed by atoms with Crippen LogP contribution in [0.25, 0.3) is 0 Å². The molecule has 1 aromatic rings. The minimum Gasteiger partial charge on any atom is -0.378 e. The highest BCUT2D eigenvalue weighted by atomic mass is 35.5. The molecule has 1 saturated heterocycles. The molecule has 0 bridgehead atoms. The highest BCUT2D eigenvalue weighted by Crippen LogP contribution is 2.29.